The number of carbonyl (C=O) groups is 1. The number of phenolic OH excluding ortho intramolecular Hbond substituents is 2. The number of aromatic hydroxyl groups is 2. The van der Waals surface area contributed by atoms with Crippen molar-refractivity contribution in [2.45, 2.75) is 19.6 Å². The lowest BCUT2D eigenvalue weighted by atomic mass is 9.95. The molecule has 1 aliphatic rings. The van der Waals surface area contributed by atoms with Crippen LogP contribution in [0.15, 0.2) is 42.5 Å². The van der Waals surface area contributed by atoms with E-state index in [4.69, 9.17) is 9.57 Å². The van der Waals surface area contributed by atoms with Crippen LogP contribution in [0.5, 0.6) is 17.2 Å². The van der Waals surface area contributed by atoms with Gasteiger partial charge in [-0.05, 0) is 6.92 Å². The molecule has 0 radical (unpaired) electrons. The molecule has 1 heterocycles. The van der Waals surface area contributed by atoms with Crippen molar-refractivity contribution in [3.63, 3.8) is 0 Å². The molecule has 1 unspecified atom stereocenters. The summed E-state index contributed by atoms with van der Waals surface area (Å²) in [5.74, 6) is -3.07. The number of ether oxygens (including phenoxy) is 1. The quantitative estimate of drug-likeness (QED) is 0.502. The molecule has 1 aliphatic heterocycles. The van der Waals surface area contributed by atoms with E-state index in [0.29, 0.717) is 5.56 Å². The maximum absolute atomic E-state index is 11.2. The Morgan fingerprint density at radius 1 is 1.24 bits per heavy atom. The summed E-state index contributed by atoms with van der Waals surface area (Å²) in [7, 11) is 0. The lowest BCUT2D eigenvalue weighted by molar-refractivity contribution is -0.218. The van der Waals surface area contributed by atoms with Gasteiger partial charge in [-0.1, -0.05) is 30.3 Å². The SMILES string of the molecule is CC(=O)NOC1(O)C=C(c2ccccc2)Oc2cc(O)c(C)c(O)c21. The van der Waals surface area contributed by atoms with Crippen LogP contribution in [-0.4, -0.2) is 21.2 Å². The smallest absolute Gasteiger partial charge is 0.248 e. The zero-order valence-corrected chi connectivity index (χ0v) is 13.6. The Hall–Kier alpha value is -3.03. The molecular weight excluding hydrogens is 326 g/mol. The molecule has 7 nitrogen and oxygen atoms in total. The Labute approximate surface area is 143 Å². The fraction of sp³-hybridized carbons (Fsp3) is 0.167. The van der Waals surface area contributed by atoms with Gasteiger partial charge in [0.15, 0.2) is 0 Å². The van der Waals surface area contributed by atoms with Crippen LogP contribution in [0.2, 0.25) is 0 Å². The van der Waals surface area contributed by atoms with Gasteiger partial charge in [0.25, 0.3) is 0 Å². The van der Waals surface area contributed by atoms with Crippen LogP contribution in [0, 0.1) is 6.92 Å². The van der Waals surface area contributed by atoms with Gasteiger partial charge in [0.05, 0.1) is 0 Å². The number of phenols is 2. The van der Waals surface area contributed by atoms with Crippen LogP contribution in [0.1, 0.15) is 23.6 Å². The highest BCUT2D eigenvalue weighted by molar-refractivity contribution is 5.73. The minimum absolute atomic E-state index is 0.00908. The van der Waals surface area contributed by atoms with Gasteiger partial charge in [-0.25, -0.2) is 10.3 Å². The zero-order valence-electron chi connectivity index (χ0n) is 13.6. The molecule has 0 saturated carbocycles. The number of aliphatic hydroxyl groups is 1. The van der Waals surface area contributed by atoms with Crippen LogP contribution in [0.25, 0.3) is 5.76 Å². The predicted octanol–water partition coefficient (Wildman–Crippen LogP) is 2.05. The number of amides is 1. The van der Waals surface area contributed by atoms with Gasteiger partial charge in [-0.15, -0.1) is 0 Å². The van der Waals surface area contributed by atoms with Crippen LogP contribution < -0.4 is 10.2 Å². The van der Waals surface area contributed by atoms with Crippen LogP contribution in [0.4, 0.5) is 0 Å². The van der Waals surface area contributed by atoms with E-state index >= 15 is 0 Å². The third-order valence-electron chi connectivity index (χ3n) is 3.80. The second-order valence-electron chi connectivity index (χ2n) is 5.68. The summed E-state index contributed by atoms with van der Waals surface area (Å²) in [5, 5.41) is 31.3. The molecule has 0 aliphatic carbocycles. The van der Waals surface area contributed by atoms with Gasteiger partial charge in [0.2, 0.25) is 11.7 Å². The van der Waals surface area contributed by atoms with Crippen LogP contribution >= 0.6 is 0 Å². The first-order chi connectivity index (χ1) is 11.8. The van der Waals surface area contributed by atoms with Crippen molar-refractivity contribution in [3.8, 4) is 17.2 Å². The Morgan fingerprint density at radius 2 is 1.92 bits per heavy atom. The fourth-order valence-corrected chi connectivity index (χ4v) is 2.53. The summed E-state index contributed by atoms with van der Waals surface area (Å²) in [6.45, 7) is 2.69. The first-order valence-electron chi connectivity index (χ1n) is 7.51. The van der Waals surface area contributed by atoms with Crippen molar-refractivity contribution >= 4 is 11.7 Å². The maximum Gasteiger partial charge on any atom is 0.248 e. The molecule has 2 aromatic carbocycles. The van der Waals surface area contributed by atoms with E-state index in [1.54, 1.807) is 24.3 Å². The fourth-order valence-electron chi connectivity index (χ4n) is 2.53. The standard InChI is InChI=1S/C18H17NO6/c1-10-13(21)8-14-16(17(10)22)18(23,25-19-11(2)20)9-15(24-14)12-6-4-3-5-7-12/h3-9,21-23H,1-2H3,(H,19,20). The van der Waals surface area contributed by atoms with Crippen LogP contribution in [-0.2, 0) is 15.4 Å². The van der Waals surface area contributed by atoms with Gasteiger partial charge >= 0.3 is 0 Å². The van der Waals surface area contributed by atoms with Crippen molar-refractivity contribution in [1.82, 2.24) is 5.48 Å². The molecule has 0 saturated heterocycles. The second kappa shape index (κ2) is 6.12. The predicted molar refractivity (Wildman–Crippen MR) is 88.4 cm³/mol. The average Bonchev–Trinajstić information content (AvgIpc) is 2.58. The number of hydrogen-bond donors (Lipinski definition) is 4. The first kappa shape index (κ1) is 16.8. The maximum atomic E-state index is 11.2. The molecule has 25 heavy (non-hydrogen) atoms. The summed E-state index contributed by atoms with van der Waals surface area (Å²) in [6.07, 6.45) is 1.23. The normalized spacial score (nSPS) is 18.8. The summed E-state index contributed by atoms with van der Waals surface area (Å²) in [6, 6.07) is 10.2. The summed E-state index contributed by atoms with van der Waals surface area (Å²) < 4.78 is 5.73. The molecule has 4 N–H and O–H groups in total. The summed E-state index contributed by atoms with van der Waals surface area (Å²) in [5.41, 5.74) is 2.73. The van der Waals surface area contributed by atoms with Crippen molar-refractivity contribution in [3.05, 3.63) is 59.2 Å². The second-order valence-corrected chi connectivity index (χ2v) is 5.68. The molecule has 0 aromatic heterocycles. The molecule has 1 amide bonds. The number of benzene rings is 2. The minimum atomic E-state index is -2.19. The van der Waals surface area contributed by atoms with E-state index < -0.39 is 17.4 Å². The van der Waals surface area contributed by atoms with E-state index in [2.05, 4.69) is 5.48 Å². The molecule has 0 bridgehead atoms. The summed E-state index contributed by atoms with van der Waals surface area (Å²) in [4.78, 5) is 16.3. The Morgan fingerprint density at radius 3 is 2.56 bits per heavy atom. The van der Waals surface area contributed by atoms with Crippen LogP contribution in [0.3, 0.4) is 0 Å². The zero-order chi connectivity index (χ0) is 18.2. The topological polar surface area (TPSA) is 108 Å². The van der Waals surface area contributed by atoms with Crippen molar-refractivity contribution in [2.75, 3.05) is 0 Å². The van der Waals surface area contributed by atoms with Gasteiger partial charge in [0.1, 0.15) is 28.6 Å². The Bertz CT molecular complexity index is 862. The highest BCUT2D eigenvalue weighted by Crippen LogP contribution is 2.48. The molecule has 2 aromatic rings. The number of fused-ring (bicyclic) bond motifs is 1. The highest BCUT2D eigenvalue weighted by Gasteiger charge is 2.41. The molecule has 0 fully saturated rings. The van der Waals surface area contributed by atoms with Gasteiger partial charge in [-0.2, -0.15) is 0 Å². The third kappa shape index (κ3) is 3.02. The van der Waals surface area contributed by atoms with Crippen molar-refractivity contribution in [1.29, 1.82) is 0 Å². The molecule has 7 heteroatoms. The molecular formula is C18H17NO6. The van der Waals surface area contributed by atoms with Crippen molar-refractivity contribution < 1.29 is 29.7 Å². The number of carbonyl (C=O) groups excluding carboxylic acids is 1. The average molecular weight is 343 g/mol. The molecule has 0 spiro atoms. The first-order valence-corrected chi connectivity index (χ1v) is 7.51. The molecule has 1 atom stereocenters. The van der Waals surface area contributed by atoms with E-state index in [1.165, 1.54) is 26.0 Å². The number of nitrogens with one attached hydrogen (secondary N) is 1. The molecule has 130 valence electrons. The minimum Gasteiger partial charge on any atom is -0.507 e. The third-order valence-corrected chi connectivity index (χ3v) is 3.80. The van der Waals surface area contributed by atoms with E-state index in [9.17, 15) is 20.1 Å². The Balaban J connectivity index is 2.17. The summed E-state index contributed by atoms with van der Waals surface area (Å²) >= 11 is 0. The largest absolute Gasteiger partial charge is 0.507 e. The van der Waals surface area contributed by atoms with Gasteiger partial charge < -0.3 is 20.1 Å². The Kier molecular flexibility index (Phi) is 4.12. The number of hydroxylamine groups is 1. The molecule has 3 rings (SSSR count). The highest BCUT2D eigenvalue weighted by atomic mass is 16.7. The lowest BCUT2D eigenvalue weighted by Crippen LogP contribution is -2.38. The van der Waals surface area contributed by atoms with E-state index in [0.717, 1.165) is 0 Å². The van der Waals surface area contributed by atoms with Gasteiger partial charge in [0, 0.05) is 30.2 Å². The van der Waals surface area contributed by atoms with E-state index in [1.807, 2.05) is 6.07 Å². The lowest BCUT2D eigenvalue weighted by Gasteiger charge is -2.32. The number of hydrogen-bond acceptors (Lipinski definition) is 6. The van der Waals surface area contributed by atoms with Crippen molar-refractivity contribution in [2.24, 2.45) is 0 Å². The number of rotatable bonds is 3. The van der Waals surface area contributed by atoms with E-state index in [-0.39, 0.29) is 28.4 Å². The monoisotopic (exact) mass is 343 g/mol. The van der Waals surface area contributed by atoms with Gasteiger partial charge in [-0.3, -0.25) is 4.79 Å².